The van der Waals surface area contributed by atoms with Gasteiger partial charge in [0.1, 0.15) is 18.1 Å². The molecule has 1 aliphatic rings. The van der Waals surface area contributed by atoms with Crippen LogP contribution in [0, 0.1) is 0 Å². The molecule has 4 aromatic rings. The molecule has 45 heavy (non-hydrogen) atoms. The summed E-state index contributed by atoms with van der Waals surface area (Å²) in [4.78, 5) is 25.6. The van der Waals surface area contributed by atoms with Crippen molar-refractivity contribution in [1.29, 1.82) is 0 Å². The molecule has 0 aromatic heterocycles. The molecule has 9 nitrogen and oxygen atoms in total. The Balaban J connectivity index is 1.29. The number of carbonyl (C=O) groups excluding carboxylic acids is 2. The fourth-order valence-corrected chi connectivity index (χ4v) is 5.41. The van der Waals surface area contributed by atoms with E-state index < -0.39 is 17.9 Å². The van der Waals surface area contributed by atoms with E-state index in [2.05, 4.69) is 37.1 Å². The van der Waals surface area contributed by atoms with E-state index in [0.29, 0.717) is 40.1 Å². The Morgan fingerprint density at radius 2 is 1.73 bits per heavy atom. The second-order valence-corrected chi connectivity index (χ2v) is 11.3. The first kappa shape index (κ1) is 31.7. The predicted octanol–water partition coefficient (Wildman–Crippen LogP) is 6.07. The number of benzene rings is 4. The molecule has 11 heteroatoms. The van der Waals surface area contributed by atoms with Gasteiger partial charge in [0.2, 0.25) is 0 Å². The van der Waals surface area contributed by atoms with Gasteiger partial charge in [-0.1, -0.05) is 76.6 Å². The second-order valence-electron chi connectivity index (χ2n) is 10.0. The lowest BCUT2D eigenvalue weighted by molar-refractivity contribution is -0.139. The summed E-state index contributed by atoms with van der Waals surface area (Å²) in [6.45, 7) is 3.78. The van der Waals surface area contributed by atoms with Gasteiger partial charge in [-0.3, -0.25) is 4.79 Å². The molecule has 0 saturated heterocycles. The summed E-state index contributed by atoms with van der Waals surface area (Å²) in [5.41, 5.74) is 5.88. The number of para-hydroxylation sites is 1. The molecule has 230 valence electrons. The second kappa shape index (κ2) is 14.8. The van der Waals surface area contributed by atoms with Gasteiger partial charge in [0, 0.05) is 21.3 Å². The quantitative estimate of drug-likeness (QED) is 0.0756. The monoisotopic (exact) mass is 686 g/mol. The molecular weight excluding hydrogens is 656 g/mol. The van der Waals surface area contributed by atoms with Crippen LogP contribution in [0.5, 0.6) is 11.5 Å². The van der Waals surface area contributed by atoms with E-state index in [1.807, 2.05) is 66.7 Å². The number of hydrazone groups is 1. The zero-order valence-corrected chi connectivity index (χ0v) is 27.0. The molecule has 0 radical (unpaired) electrons. The number of hydrogen-bond donors (Lipinski definition) is 3. The van der Waals surface area contributed by atoms with Crippen molar-refractivity contribution in [3.63, 3.8) is 0 Å². The number of allylic oxidation sites excluding steroid dienone is 1. The van der Waals surface area contributed by atoms with Gasteiger partial charge in [0.15, 0.2) is 11.7 Å². The summed E-state index contributed by atoms with van der Waals surface area (Å²) in [5.74, 6) is 0.0989. The lowest BCUT2D eigenvalue weighted by Gasteiger charge is -2.30. The summed E-state index contributed by atoms with van der Waals surface area (Å²) < 4.78 is 18.3. The van der Waals surface area contributed by atoms with Crippen LogP contribution < -0.4 is 25.5 Å². The van der Waals surface area contributed by atoms with Gasteiger partial charge < -0.3 is 24.8 Å². The number of fused-ring (bicyclic) bond motifs is 1. The van der Waals surface area contributed by atoms with Crippen molar-refractivity contribution in [3.8, 4) is 11.5 Å². The van der Waals surface area contributed by atoms with Gasteiger partial charge in [-0.25, -0.2) is 10.2 Å². The molecule has 0 aliphatic carbocycles. The maximum atomic E-state index is 12.8. The van der Waals surface area contributed by atoms with Crippen molar-refractivity contribution in [2.24, 2.45) is 5.10 Å². The molecule has 1 aliphatic heterocycles. The summed E-state index contributed by atoms with van der Waals surface area (Å²) in [6, 6.07) is 26.2. The van der Waals surface area contributed by atoms with Gasteiger partial charge >= 0.3 is 5.97 Å². The Morgan fingerprint density at radius 1 is 0.978 bits per heavy atom. The maximum absolute atomic E-state index is 12.8. The third-order valence-electron chi connectivity index (χ3n) is 6.97. The molecule has 3 N–H and O–H groups in total. The molecule has 0 unspecified atom stereocenters. The molecule has 0 bridgehead atoms. The highest BCUT2D eigenvalue weighted by Gasteiger charge is 2.32. The minimum Gasteiger partial charge on any atom is -0.488 e. The van der Waals surface area contributed by atoms with Crippen LogP contribution >= 0.6 is 28.1 Å². The van der Waals surface area contributed by atoms with Gasteiger partial charge in [-0.05, 0) is 66.7 Å². The van der Waals surface area contributed by atoms with Gasteiger partial charge in [0.05, 0.1) is 24.4 Å². The van der Waals surface area contributed by atoms with Crippen molar-refractivity contribution in [1.82, 2.24) is 16.1 Å². The number of rotatable bonds is 11. The number of halogens is 1. The van der Waals surface area contributed by atoms with E-state index in [0.717, 1.165) is 26.4 Å². The van der Waals surface area contributed by atoms with Crippen LogP contribution in [0.3, 0.4) is 0 Å². The molecule has 0 spiro atoms. The van der Waals surface area contributed by atoms with Crippen molar-refractivity contribution < 1.29 is 23.8 Å². The van der Waals surface area contributed by atoms with Crippen LogP contribution in [0.2, 0.25) is 0 Å². The average molecular weight is 688 g/mol. The maximum Gasteiger partial charge on any atom is 0.338 e. The van der Waals surface area contributed by atoms with E-state index in [1.165, 1.54) is 0 Å². The highest BCUT2D eigenvalue weighted by atomic mass is 79.9. The molecule has 4 aromatic carbocycles. The average Bonchev–Trinajstić information content (AvgIpc) is 3.03. The van der Waals surface area contributed by atoms with Crippen LogP contribution in [0.1, 0.15) is 36.6 Å². The van der Waals surface area contributed by atoms with E-state index in [9.17, 15) is 9.59 Å². The van der Waals surface area contributed by atoms with Crippen molar-refractivity contribution in [2.45, 2.75) is 26.5 Å². The fourth-order valence-electron chi connectivity index (χ4n) is 4.88. The summed E-state index contributed by atoms with van der Waals surface area (Å²) in [6.07, 6.45) is 1.57. The van der Waals surface area contributed by atoms with Crippen molar-refractivity contribution >= 4 is 62.1 Å². The van der Waals surface area contributed by atoms with Crippen LogP contribution in [0.15, 0.2) is 106 Å². The van der Waals surface area contributed by atoms with E-state index in [4.69, 9.17) is 26.4 Å². The Bertz CT molecular complexity index is 1790. The number of thiocarbonyl (C=S) groups is 1. The first-order valence-corrected chi connectivity index (χ1v) is 15.4. The molecule has 1 heterocycles. The predicted molar refractivity (Wildman–Crippen MR) is 181 cm³/mol. The summed E-state index contributed by atoms with van der Waals surface area (Å²) >= 11 is 8.80. The Morgan fingerprint density at radius 3 is 2.53 bits per heavy atom. The zero-order chi connectivity index (χ0) is 31.8. The van der Waals surface area contributed by atoms with E-state index in [1.54, 1.807) is 38.3 Å². The number of esters is 1. The number of amides is 1. The summed E-state index contributed by atoms with van der Waals surface area (Å²) in [7, 11) is 0. The van der Waals surface area contributed by atoms with Crippen LogP contribution in [0.4, 0.5) is 0 Å². The zero-order valence-electron chi connectivity index (χ0n) is 24.6. The third kappa shape index (κ3) is 7.86. The lowest BCUT2D eigenvalue weighted by atomic mass is 9.95. The SMILES string of the molecule is CCOC(=O)C1=C(C)NC(=S)N[C@@H]1c1ccccc1OCC(=O)NN=Cc1c(OCc2ccc(Br)cc2)ccc2ccccc12. The fraction of sp³-hybridized carbons (Fsp3) is 0.176. The summed E-state index contributed by atoms with van der Waals surface area (Å²) in [5, 5.41) is 12.6. The number of nitrogens with zero attached hydrogens (tertiary/aromatic N) is 1. The Kier molecular flexibility index (Phi) is 10.4. The van der Waals surface area contributed by atoms with Gasteiger partial charge in [-0.15, -0.1) is 0 Å². The lowest BCUT2D eigenvalue weighted by Crippen LogP contribution is -2.45. The highest BCUT2D eigenvalue weighted by molar-refractivity contribution is 9.10. The standard InChI is InChI=1S/C34H31BrN4O5S/c1-3-42-33(41)31-21(2)37-34(45)38-32(31)26-10-6-7-11-28(26)44-20-30(40)39-36-18-27-25-9-5-4-8-23(25)14-17-29(27)43-19-22-12-15-24(35)16-13-22/h4-18,32H,3,19-20H2,1-2H3,(H,39,40)(H2,37,38,45)/t32-/m1/s1. The Labute approximate surface area is 274 Å². The van der Waals surface area contributed by atoms with Crippen molar-refractivity contribution in [3.05, 3.63) is 117 Å². The largest absolute Gasteiger partial charge is 0.488 e. The van der Waals surface area contributed by atoms with E-state index >= 15 is 0 Å². The molecule has 1 amide bonds. The minimum atomic E-state index is -0.628. The molecular formula is C34H31BrN4O5S. The third-order valence-corrected chi connectivity index (χ3v) is 7.72. The highest BCUT2D eigenvalue weighted by Crippen LogP contribution is 2.33. The van der Waals surface area contributed by atoms with Crippen LogP contribution in [0.25, 0.3) is 10.8 Å². The normalized spacial score (nSPS) is 14.6. The molecule has 5 rings (SSSR count). The first-order valence-electron chi connectivity index (χ1n) is 14.2. The van der Waals surface area contributed by atoms with Crippen LogP contribution in [-0.2, 0) is 20.9 Å². The molecule has 0 fully saturated rings. The smallest absolute Gasteiger partial charge is 0.338 e. The minimum absolute atomic E-state index is 0.225. The number of carbonyl (C=O) groups is 2. The van der Waals surface area contributed by atoms with Crippen LogP contribution in [-0.4, -0.2) is 36.4 Å². The topological polar surface area (TPSA) is 110 Å². The molecule has 0 saturated carbocycles. The first-order chi connectivity index (χ1) is 21.8. The van der Waals surface area contributed by atoms with E-state index in [-0.39, 0.29) is 13.2 Å². The van der Waals surface area contributed by atoms with Crippen molar-refractivity contribution in [2.75, 3.05) is 13.2 Å². The van der Waals surface area contributed by atoms with Gasteiger partial charge in [0.25, 0.3) is 5.91 Å². The van der Waals surface area contributed by atoms with Gasteiger partial charge in [-0.2, -0.15) is 5.10 Å². The number of nitrogens with one attached hydrogen (secondary N) is 3. The number of hydrogen-bond acceptors (Lipinski definition) is 7. The number of ether oxygens (including phenoxy) is 3. The Hall–Kier alpha value is -4.74. The molecule has 1 atom stereocenters.